The van der Waals surface area contributed by atoms with Gasteiger partial charge in [0.15, 0.2) is 0 Å². The van der Waals surface area contributed by atoms with Crippen LogP contribution < -0.4 is 0 Å². The van der Waals surface area contributed by atoms with Crippen LogP contribution in [0, 0.1) is 0 Å². The van der Waals surface area contributed by atoms with Gasteiger partial charge in [-0.1, -0.05) is 66.7 Å². The highest BCUT2D eigenvalue weighted by Gasteiger charge is 2.15. The molecular formula is C18H19N3O. The molecule has 4 nitrogen and oxygen atoms in total. The van der Waals surface area contributed by atoms with Crippen molar-refractivity contribution in [3.05, 3.63) is 71.9 Å². The molecule has 0 fully saturated rings. The van der Waals surface area contributed by atoms with Gasteiger partial charge in [0, 0.05) is 5.56 Å². The maximum Gasteiger partial charge on any atom is 0.113 e. The van der Waals surface area contributed by atoms with E-state index in [0.29, 0.717) is 0 Å². The Balaban J connectivity index is 1.88. The van der Waals surface area contributed by atoms with E-state index in [-0.39, 0.29) is 12.6 Å². The highest BCUT2D eigenvalue weighted by Crippen LogP contribution is 2.21. The van der Waals surface area contributed by atoms with E-state index in [1.165, 1.54) is 5.56 Å². The molecule has 3 aromatic rings. The number of aryl methyl sites for hydroxylation is 1. The van der Waals surface area contributed by atoms with Gasteiger partial charge in [0.2, 0.25) is 0 Å². The molecule has 22 heavy (non-hydrogen) atoms. The third kappa shape index (κ3) is 2.92. The topological polar surface area (TPSA) is 50.9 Å². The minimum absolute atomic E-state index is 0.0123. The van der Waals surface area contributed by atoms with E-state index in [1.807, 2.05) is 36.5 Å². The van der Waals surface area contributed by atoms with Crippen LogP contribution in [0.5, 0.6) is 0 Å². The lowest BCUT2D eigenvalue weighted by atomic mass is 10.1. The van der Waals surface area contributed by atoms with Crippen LogP contribution in [-0.4, -0.2) is 26.7 Å². The summed E-state index contributed by atoms with van der Waals surface area (Å²) < 4.78 is 1.72. The number of rotatable bonds is 5. The van der Waals surface area contributed by atoms with Crippen molar-refractivity contribution >= 4 is 0 Å². The number of hydrogen-bond acceptors (Lipinski definition) is 3. The molecule has 112 valence electrons. The molecule has 0 radical (unpaired) electrons. The predicted molar refractivity (Wildman–Crippen MR) is 86.5 cm³/mol. The standard InChI is InChI=1S/C18H19N3O/c1-2-14-8-10-15(11-9-14)17-12-21(20-19-17)18(13-22)16-6-4-3-5-7-16/h3-12,18,22H,2,13H2,1H3/t18-/m1/s1. The van der Waals surface area contributed by atoms with Crippen LogP contribution in [0.3, 0.4) is 0 Å². The van der Waals surface area contributed by atoms with Crippen molar-refractivity contribution in [1.29, 1.82) is 0 Å². The van der Waals surface area contributed by atoms with Gasteiger partial charge in [0.05, 0.1) is 12.8 Å². The molecule has 1 aromatic heterocycles. The third-order valence-corrected chi connectivity index (χ3v) is 3.84. The van der Waals surface area contributed by atoms with Gasteiger partial charge in [0.25, 0.3) is 0 Å². The Labute approximate surface area is 130 Å². The van der Waals surface area contributed by atoms with Crippen LogP contribution in [0.25, 0.3) is 11.3 Å². The van der Waals surface area contributed by atoms with Crippen LogP contribution in [0.2, 0.25) is 0 Å². The fourth-order valence-electron chi connectivity index (χ4n) is 2.49. The molecule has 2 aromatic carbocycles. The molecule has 0 aliphatic carbocycles. The maximum atomic E-state index is 9.69. The summed E-state index contributed by atoms with van der Waals surface area (Å²) in [5, 5.41) is 18.1. The number of aromatic nitrogens is 3. The molecule has 3 rings (SSSR count). The lowest BCUT2D eigenvalue weighted by Gasteiger charge is -2.14. The van der Waals surface area contributed by atoms with E-state index in [9.17, 15) is 5.11 Å². The summed E-state index contributed by atoms with van der Waals surface area (Å²) in [4.78, 5) is 0. The molecule has 1 atom stereocenters. The first-order valence-corrected chi connectivity index (χ1v) is 7.48. The normalized spacial score (nSPS) is 12.3. The van der Waals surface area contributed by atoms with Crippen LogP contribution >= 0.6 is 0 Å². The Kier molecular flexibility index (Phi) is 4.30. The highest BCUT2D eigenvalue weighted by molar-refractivity contribution is 5.58. The van der Waals surface area contributed by atoms with E-state index in [1.54, 1.807) is 4.68 Å². The molecule has 0 bridgehead atoms. The fraction of sp³-hybridized carbons (Fsp3) is 0.222. The number of benzene rings is 2. The van der Waals surface area contributed by atoms with Crippen LogP contribution in [0.15, 0.2) is 60.8 Å². The summed E-state index contributed by atoms with van der Waals surface area (Å²) in [6, 6.07) is 18.0. The number of aliphatic hydroxyl groups excluding tert-OH is 1. The summed E-state index contributed by atoms with van der Waals surface area (Å²) >= 11 is 0. The van der Waals surface area contributed by atoms with Crippen molar-refractivity contribution in [2.24, 2.45) is 0 Å². The van der Waals surface area contributed by atoms with Gasteiger partial charge in [-0.2, -0.15) is 0 Å². The van der Waals surface area contributed by atoms with Crippen LogP contribution in [-0.2, 0) is 6.42 Å². The molecule has 1 heterocycles. The Morgan fingerprint density at radius 2 is 1.77 bits per heavy atom. The zero-order chi connectivity index (χ0) is 15.4. The lowest BCUT2D eigenvalue weighted by Crippen LogP contribution is -2.15. The minimum atomic E-state index is -0.211. The van der Waals surface area contributed by atoms with Crippen LogP contribution in [0.4, 0.5) is 0 Å². The van der Waals surface area contributed by atoms with Crippen molar-refractivity contribution < 1.29 is 5.11 Å². The molecular weight excluding hydrogens is 274 g/mol. The Morgan fingerprint density at radius 3 is 2.41 bits per heavy atom. The van der Waals surface area contributed by atoms with Gasteiger partial charge in [-0.05, 0) is 17.5 Å². The van der Waals surface area contributed by atoms with Crippen LogP contribution in [0.1, 0.15) is 24.1 Å². The van der Waals surface area contributed by atoms with Crippen molar-refractivity contribution in [1.82, 2.24) is 15.0 Å². The van der Waals surface area contributed by atoms with Crippen molar-refractivity contribution in [2.45, 2.75) is 19.4 Å². The first kappa shape index (κ1) is 14.5. The number of hydrogen-bond donors (Lipinski definition) is 1. The first-order chi connectivity index (χ1) is 10.8. The van der Waals surface area contributed by atoms with E-state index < -0.39 is 0 Å². The molecule has 0 aliphatic rings. The molecule has 0 unspecified atom stereocenters. The molecule has 0 amide bonds. The van der Waals surface area contributed by atoms with Gasteiger partial charge >= 0.3 is 0 Å². The van der Waals surface area contributed by atoms with Gasteiger partial charge in [-0.3, -0.25) is 0 Å². The minimum Gasteiger partial charge on any atom is -0.394 e. The van der Waals surface area contributed by atoms with Crippen molar-refractivity contribution in [3.63, 3.8) is 0 Å². The second-order valence-corrected chi connectivity index (χ2v) is 5.24. The van der Waals surface area contributed by atoms with E-state index in [0.717, 1.165) is 23.2 Å². The van der Waals surface area contributed by atoms with Gasteiger partial charge in [-0.15, -0.1) is 5.10 Å². The first-order valence-electron chi connectivity index (χ1n) is 7.48. The molecule has 0 saturated heterocycles. The second-order valence-electron chi connectivity index (χ2n) is 5.24. The summed E-state index contributed by atoms with van der Waals surface area (Å²) in [5.74, 6) is 0. The summed E-state index contributed by atoms with van der Waals surface area (Å²) in [5.41, 5.74) is 4.17. The zero-order valence-electron chi connectivity index (χ0n) is 12.6. The molecule has 4 heteroatoms. The average Bonchev–Trinajstić information content (AvgIpc) is 3.06. The molecule has 0 spiro atoms. The summed E-state index contributed by atoms with van der Waals surface area (Å²) in [6.45, 7) is 2.12. The molecule has 0 saturated carbocycles. The second kappa shape index (κ2) is 6.54. The zero-order valence-corrected chi connectivity index (χ0v) is 12.6. The van der Waals surface area contributed by atoms with Crippen molar-refractivity contribution in [3.8, 4) is 11.3 Å². The summed E-state index contributed by atoms with van der Waals surface area (Å²) in [6.07, 6.45) is 2.91. The van der Waals surface area contributed by atoms with E-state index >= 15 is 0 Å². The molecule has 0 aliphatic heterocycles. The predicted octanol–water partition coefficient (Wildman–Crippen LogP) is 3.09. The summed E-state index contributed by atoms with van der Waals surface area (Å²) in [7, 11) is 0. The van der Waals surface area contributed by atoms with Crippen molar-refractivity contribution in [2.75, 3.05) is 6.61 Å². The smallest absolute Gasteiger partial charge is 0.113 e. The maximum absolute atomic E-state index is 9.69. The van der Waals surface area contributed by atoms with Gasteiger partial charge in [0.1, 0.15) is 11.7 Å². The Hall–Kier alpha value is -2.46. The Bertz CT molecular complexity index is 720. The Morgan fingerprint density at radius 1 is 1.05 bits per heavy atom. The third-order valence-electron chi connectivity index (χ3n) is 3.84. The fourth-order valence-corrected chi connectivity index (χ4v) is 2.49. The SMILES string of the molecule is CCc1ccc(-c2cn([C@H](CO)c3ccccc3)nn2)cc1. The largest absolute Gasteiger partial charge is 0.394 e. The lowest BCUT2D eigenvalue weighted by molar-refractivity contribution is 0.239. The number of nitrogens with zero attached hydrogens (tertiary/aromatic N) is 3. The number of aliphatic hydroxyl groups is 1. The quantitative estimate of drug-likeness (QED) is 0.786. The van der Waals surface area contributed by atoms with Gasteiger partial charge < -0.3 is 5.11 Å². The monoisotopic (exact) mass is 293 g/mol. The average molecular weight is 293 g/mol. The van der Waals surface area contributed by atoms with Gasteiger partial charge in [-0.25, -0.2) is 4.68 Å². The van der Waals surface area contributed by atoms with E-state index in [4.69, 9.17) is 0 Å². The highest BCUT2D eigenvalue weighted by atomic mass is 16.3. The molecule has 1 N–H and O–H groups in total. The van der Waals surface area contributed by atoms with E-state index in [2.05, 4.69) is 41.5 Å².